The van der Waals surface area contributed by atoms with Crippen molar-refractivity contribution in [3.8, 4) is 17.2 Å². The Balaban J connectivity index is 0.00000261. The van der Waals surface area contributed by atoms with Crippen LogP contribution in [0.2, 0.25) is 0 Å². The van der Waals surface area contributed by atoms with E-state index < -0.39 is 0 Å². The first-order valence-electron chi connectivity index (χ1n) is 8.93. The molecule has 27 heavy (non-hydrogen) atoms. The summed E-state index contributed by atoms with van der Waals surface area (Å²) in [5.41, 5.74) is 2.18. The fourth-order valence-corrected chi connectivity index (χ4v) is 3.51. The minimum atomic E-state index is -0.176. The first-order chi connectivity index (χ1) is 12.6. The van der Waals surface area contributed by atoms with Gasteiger partial charge in [-0.1, -0.05) is 18.2 Å². The molecule has 1 heterocycles. The third-order valence-electron chi connectivity index (χ3n) is 4.89. The Morgan fingerprint density at radius 3 is 2.70 bits per heavy atom. The van der Waals surface area contributed by atoms with Gasteiger partial charge in [-0.15, -0.1) is 12.4 Å². The summed E-state index contributed by atoms with van der Waals surface area (Å²) >= 11 is 0. The number of halogens is 2. The van der Waals surface area contributed by atoms with Gasteiger partial charge >= 0.3 is 0 Å². The van der Waals surface area contributed by atoms with Crippen LogP contribution in [0.3, 0.4) is 0 Å². The van der Waals surface area contributed by atoms with E-state index in [-0.39, 0.29) is 18.2 Å². The summed E-state index contributed by atoms with van der Waals surface area (Å²) in [6, 6.07) is 10.8. The lowest BCUT2D eigenvalue weighted by molar-refractivity contribution is 0.220. The number of likely N-dealkylation sites (N-methyl/N-ethyl adjacent to an activating group) is 1. The predicted octanol–water partition coefficient (Wildman–Crippen LogP) is 4.31. The van der Waals surface area contributed by atoms with E-state index in [2.05, 4.69) is 18.0 Å². The van der Waals surface area contributed by atoms with E-state index in [4.69, 9.17) is 14.2 Å². The average Bonchev–Trinajstić information content (AvgIpc) is 2.65. The smallest absolute Gasteiger partial charge is 0.203 e. The van der Waals surface area contributed by atoms with Crippen molar-refractivity contribution in [1.82, 2.24) is 4.90 Å². The second kappa shape index (κ2) is 9.81. The number of ether oxygens (including phenoxy) is 3. The molecular formula is C21H27ClFNO3. The monoisotopic (exact) mass is 395 g/mol. The fraction of sp³-hybridized carbons (Fsp3) is 0.429. The zero-order chi connectivity index (χ0) is 18.5. The van der Waals surface area contributed by atoms with Crippen LogP contribution in [0.15, 0.2) is 36.4 Å². The molecule has 1 atom stereocenters. The Labute approximate surface area is 166 Å². The zero-order valence-corrected chi connectivity index (χ0v) is 16.9. The van der Waals surface area contributed by atoms with Crippen LogP contribution < -0.4 is 14.2 Å². The van der Waals surface area contributed by atoms with Crippen molar-refractivity contribution in [2.75, 3.05) is 41.0 Å². The van der Waals surface area contributed by atoms with Gasteiger partial charge in [-0.25, -0.2) is 4.39 Å². The van der Waals surface area contributed by atoms with E-state index in [0.29, 0.717) is 24.0 Å². The molecule has 0 N–H and O–H groups in total. The van der Waals surface area contributed by atoms with Crippen LogP contribution in [0.4, 0.5) is 4.39 Å². The standard InChI is InChI=1S/C21H26FNO3.ClH/c1-23(11-9-15-5-4-6-17(22)13-15)14-16-10-12-26-20-18(16)7-8-19(24-2)21(20)25-3;/h4-8,13,16H,9-12,14H2,1-3H3;1H. The maximum Gasteiger partial charge on any atom is 0.203 e. The minimum absolute atomic E-state index is 0. The molecule has 1 unspecified atom stereocenters. The third-order valence-corrected chi connectivity index (χ3v) is 4.89. The van der Waals surface area contributed by atoms with E-state index >= 15 is 0 Å². The molecule has 4 nitrogen and oxygen atoms in total. The van der Waals surface area contributed by atoms with Crippen molar-refractivity contribution in [3.05, 3.63) is 53.3 Å². The van der Waals surface area contributed by atoms with Gasteiger partial charge < -0.3 is 19.1 Å². The molecule has 0 aromatic heterocycles. The lowest BCUT2D eigenvalue weighted by Crippen LogP contribution is -2.29. The molecule has 2 aromatic rings. The fourth-order valence-electron chi connectivity index (χ4n) is 3.51. The Bertz CT molecular complexity index is 756. The predicted molar refractivity (Wildman–Crippen MR) is 107 cm³/mol. The van der Waals surface area contributed by atoms with Gasteiger partial charge in [0.05, 0.1) is 20.8 Å². The lowest BCUT2D eigenvalue weighted by Gasteiger charge is -2.30. The van der Waals surface area contributed by atoms with Crippen LogP contribution in [0, 0.1) is 5.82 Å². The quantitative estimate of drug-likeness (QED) is 0.699. The molecule has 0 radical (unpaired) electrons. The van der Waals surface area contributed by atoms with Gasteiger partial charge in [-0.2, -0.15) is 0 Å². The van der Waals surface area contributed by atoms with Crippen molar-refractivity contribution in [2.24, 2.45) is 0 Å². The highest BCUT2D eigenvalue weighted by Gasteiger charge is 2.27. The number of benzene rings is 2. The SMILES string of the molecule is COc1ccc2c(c1OC)OCCC2CN(C)CCc1cccc(F)c1.Cl. The highest BCUT2D eigenvalue weighted by Crippen LogP contribution is 2.45. The molecule has 1 aliphatic rings. The Hall–Kier alpha value is -1.98. The van der Waals surface area contributed by atoms with E-state index in [0.717, 1.165) is 42.8 Å². The molecule has 0 aliphatic carbocycles. The maximum atomic E-state index is 13.3. The summed E-state index contributed by atoms with van der Waals surface area (Å²) < 4.78 is 30.1. The Kier molecular flexibility index (Phi) is 7.75. The molecule has 0 bridgehead atoms. The average molecular weight is 396 g/mol. The normalized spacial score (nSPS) is 15.5. The number of fused-ring (bicyclic) bond motifs is 1. The van der Waals surface area contributed by atoms with E-state index in [9.17, 15) is 4.39 Å². The van der Waals surface area contributed by atoms with Gasteiger partial charge in [0, 0.05) is 24.6 Å². The second-order valence-electron chi connectivity index (χ2n) is 6.70. The van der Waals surface area contributed by atoms with Gasteiger partial charge in [0.2, 0.25) is 5.75 Å². The number of methoxy groups -OCH3 is 2. The van der Waals surface area contributed by atoms with Gasteiger partial charge in [-0.3, -0.25) is 0 Å². The first-order valence-corrected chi connectivity index (χ1v) is 8.93. The lowest BCUT2D eigenvalue weighted by atomic mass is 9.92. The van der Waals surface area contributed by atoms with Crippen molar-refractivity contribution in [1.29, 1.82) is 0 Å². The molecule has 148 valence electrons. The molecule has 0 saturated heterocycles. The van der Waals surface area contributed by atoms with Gasteiger partial charge in [-0.05, 0) is 43.7 Å². The molecule has 0 spiro atoms. The summed E-state index contributed by atoms with van der Waals surface area (Å²) in [5, 5.41) is 0. The zero-order valence-electron chi connectivity index (χ0n) is 16.0. The van der Waals surface area contributed by atoms with Gasteiger partial charge in [0.25, 0.3) is 0 Å². The first kappa shape index (κ1) is 21.3. The topological polar surface area (TPSA) is 30.9 Å². The molecule has 2 aromatic carbocycles. The summed E-state index contributed by atoms with van der Waals surface area (Å²) in [7, 11) is 5.37. The van der Waals surface area contributed by atoms with E-state index in [1.807, 2.05) is 12.1 Å². The van der Waals surface area contributed by atoms with Gasteiger partial charge in [0.1, 0.15) is 5.82 Å². The highest BCUT2D eigenvalue weighted by atomic mass is 35.5. The van der Waals surface area contributed by atoms with E-state index in [1.54, 1.807) is 26.4 Å². The van der Waals surface area contributed by atoms with Crippen molar-refractivity contribution in [3.63, 3.8) is 0 Å². The van der Waals surface area contributed by atoms with Crippen molar-refractivity contribution in [2.45, 2.75) is 18.8 Å². The van der Waals surface area contributed by atoms with Crippen LogP contribution >= 0.6 is 12.4 Å². The summed E-state index contributed by atoms with van der Waals surface area (Å²) in [6.45, 7) is 2.46. The maximum absolute atomic E-state index is 13.3. The van der Waals surface area contributed by atoms with Crippen LogP contribution in [-0.2, 0) is 6.42 Å². The molecule has 0 fully saturated rings. The highest BCUT2D eigenvalue weighted by molar-refractivity contribution is 5.85. The summed E-state index contributed by atoms with van der Waals surface area (Å²) in [5.74, 6) is 2.34. The third kappa shape index (κ3) is 5.05. The van der Waals surface area contributed by atoms with Gasteiger partial charge in [0.15, 0.2) is 11.5 Å². The number of nitrogens with zero attached hydrogens (tertiary/aromatic N) is 1. The van der Waals surface area contributed by atoms with Crippen molar-refractivity contribution >= 4 is 12.4 Å². The molecule has 1 aliphatic heterocycles. The van der Waals surface area contributed by atoms with Crippen molar-refractivity contribution < 1.29 is 18.6 Å². The number of rotatable bonds is 7. The second-order valence-corrected chi connectivity index (χ2v) is 6.70. The van der Waals surface area contributed by atoms with E-state index in [1.165, 1.54) is 6.07 Å². The molecule has 0 saturated carbocycles. The number of hydrogen-bond donors (Lipinski definition) is 0. The molecule has 6 heteroatoms. The Morgan fingerprint density at radius 1 is 1.19 bits per heavy atom. The van der Waals surface area contributed by atoms with Crippen LogP contribution in [0.1, 0.15) is 23.5 Å². The summed E-state index contributed by atoms with van der Waals surface area (Å²) in [4.78, 5) is 2.29. The minimum Gasteiger partial charge on any atom is -0.493 e. The Morgan fingerprint density at radius 2 is 2.00 bits per heavy atom. The summed E-state index contributed by atoms with van der Waals surface area (Å²) in [6.07, 6.45) is 1.79. The number of hydrogen-bond acceptors (Lipinski definition) is 4. The molecule has 0 amide bonds. The molecule has 3 rings (SSSR count). The molecular weight excluding hydrogens is 369 g/mol. The van der Waals surface area contributed by atoms with Crippen LogP contribution in [-0.4, -0.2) is 45.9 Å². The van der Waals surface area contributed by atoms with Crippen LogP contribution in [0.5, 0.6) is 17.2 Å². The largest absolute Gasteiger partial charge is 0.493 e. The van der Waals surface area contributed by atoms with Crippen LogP contribution in [0.25, 0.3) is 0 Å².